The van der Waals surface area contributed by atoms with E-state index in [9.17, 15) is 0 Å². The maximum Gasteiger partial charge on any atom is 0.187 e. The van der Waals surface area contributed by atoms with Crippen molar-refractivity contribution in [3.63, 3.8) is 0 Å². The predicted molar refractivity (Wildman–Crippen MR) is 78.0 cm³/mol. The van der Waals surface area contributed by atoms with Gasteiger partial charge in [-0.05, 0) is 26.2 Å². The fraction of sp³-hybridized carbons (Fsp3) is 0.692. The van der Waals surface area contributed by atoms with Crippen molar-refractivity contribution in [2.75, 3.05) is 25.1 Å². The zero-order valence-corrected chi connectivity index (χ0v) is 12.5. The number of hydrogen-bond acceptors (Lipinski definition) is 5. The molecule has 1 unspecified atom stereocenters. The van der Waals surface area contributed by atoms with Gasteiger partial charge in [0.2, 0.25) is 0 Å². The van der Waals surface area contributed by atoms with Crippen LogP contribution in [0.25, 0.3) is 10.3 Å². The molecular weight excluding hydrogens is 260 g/mol. The number of aryl methyl sites for hydroxylation is 2. The highest BCUT2D eigenvalue weighted by molar-refractivity contribution is 7.22. The first-order valence-electron chi connectivity index (χ1n) is 6.78. The van der Waals surface area contributed by atoms with Crippen LogP contribution < -0.4 is 4.90 Å². The molecule has 1 saturated heterocycles. The summed E-state index contributed by atoms with van der Waals surface area (Å²) in [7, 11) is 4.04. The minimum Gasteiger partial charge on any atom is -0.376 e. The second-order valence-electron chi connectivity index (χ2n) is 5.23. The highest BCUT2D eigenvalue weighted by atomic mass is 32.1. The van der Waals surface area contributed by atoms with Crippen LogP contribution in [0.3, 0.4) is 0 Å². The van der Waals surface area contributed by atoms with Crippen LogP contribution in [0, 0.1) is 6.92 Å². The summed E-state index contributed by atoms with van der Waals surface area (Å²) in [6, 6.07) is 0. The molecule has 1 fully saturated rings. The zero-order chi connectivity index (χ0) is 13.4. The summed E-state index contributed by atoms with van der Waals surface area (Å²) >= 11 is 1.72. The van der Waals surface area contributed by atoms with Gasteiger partial charge < -0.3 is 9.64 Å². The third kappa shape index (κ3) is 2.47. The van der Waals surface area contributed by atoms with Crippen molar-refractivity contribution in [2.24, 2.45) is 7.05 Å². The van der Waals surface area contributed by atoms with Gasteiger partial charge in [0.15, 0.2) is 10.8 Å². The van der Waals surface area contributed by atoms with Crippen molar-refractivity contribution in [3.05, 3.63) is 5.69 Å². The third-order valence-corrected chi connectivity index (χ3v) is 4.88. The maximum absolute atomic E-state index is 5.79. The standard InChI is InChI=1S/C13H20N4OS/c1-9-11-12(17(3)15-9)14-13(19-11)16(2)8-10-6-4-5-7-18-10/h10H,4-8H2,1-3H3. The average molecular weight is 280 g/mol. The van der Waals surface area contributed by atoms with Crippen LogP contribution in [0.4, 0.5) is 5.13 Å². The molecule has 0 saturated carbocycles. The number of nitrogens with zero attached hydrogens (tertiary/aromatic N) is 4. The molecule has 0 aromatic carbocycles. The van der Waals surface area contributed by atoms with E-state index in [0.29, 0.717) is 6.10 Å². The molecule has 5 nitrogen and oxygen atoms in total. The first-order valence-corrected chi connectivity index (χ1v) is 7.59. The molecule has 0 spiro atoms. The van der Waals surface area contributed by atoms with Crippen molar-refractivity contribution < 1.29 is 4.74 Å². The Labute approximate surface area is 117 Å². The summed E-state index contributed by atoms with van der Waals surface area (Å²) in [5, 5.41) is 5.44. The third-order valence-electron chi connectivity index (χ3n) is 3.61. The van der Waals surface area contributed by atoms with Gasteiger partial charge >= 0.3 is 0 Å². The number of rotatable bonds is 3. The normalized spacial score (nSPS) is 20.1. The Kier molecular flexibility index (Phi) is 3.45. The number of thiazole rings is 1. The number of aromatic nitrogens is 3. The van der Waals surface area contributed by atoms with Gasteiger partial charge in [0, 0.05) is 27.2 Å². The first kappa shape index (κ1) is 12.9. The van der Waals surface area contributed by atoms with Crippen molar-refractivity contribution in [3.8, 4) is 0 Å². The molecule has 2 aromatic heterocycles. The summed E-state index contributed by atoms with van der Waals surface area (Å²) in [4.78, 5) is 6.90. The summed E-state index contributed by atoms with van der Waals surface area (Å²) < 4.78 is 8.84. The fourth-order valence-electron chi connectivity index (χ4n) is 2.57. The second kappa shape index (κ2) is 5.09. The number of anilines is 1. The van der Waals surface area contributed by atoms with Gasteiger partial charge in [-0.25, -0.2) is 9.67 Å². The number of hydrogen-bond donors (Lipinski definition) is 0. The second-order valence-corrected chi connectivity index (χ2v) is 6.20. The molecule has 0 N–H and O–H groups in total. The minimum absolute atomic E-state index is 0.352. The summed E-state index contributed by atoms with van der Waals surface area (Å²) in [6.45, 7) is 3.86. The van der Waals surface area contributed by atoms with E-state index in [-0.39, 0.29) is 0 Å². The number of fused-ring (bicyclic) bond motifs is 1. The van der Waals surface area contributed by atoms with E-state index in [0.717, 1.165) is 36.0 Å². The van der Waals surface area contributed by atoms with E-state index < -0.39 is 0 Å². The first-order chi connectivity index (χ1) is 9.15. The molecule has 19 heavy (non-hydrogen) atoms. The average Bonchev–Trinajstić information content (AvgIpc) is 2.94. The van der Waals surface area contributed by atoms with Crippen LogP contribution in [0.15, 0.2) is 0 Å². The van der Waals surface area contributed by atoms with Crippen LogP contribution >= 0.6 is 11.3 Å². The summed E-state index contributed by atoms with van der Waals surface area (Å²) in [5.74, 6) is 0. The van der Waals surface area contributed by atoms with Gasteiger partial charge in [-0.3, -0.25) is 0 Å². The maximum atomic E-state index is 5.79. The Hall–Kier alpha value is -1.14. The van der Waals surface area contributed by atoms with Crippen LogP contribution in [-0.4, -0.2) is 41.1 Å². The van der Waals surface area contributed by atoms with E-state index >= 15 is 0 Å². The monoisotopic (exact) mass is 280 g/mol. The molecule has 0 amide bonds. The van der Waals surface area contributed by atoms with E-state index in [1.807, 2.05) is 18.7 Å². The minimum atomic E-state index is 0.352. The lowest BCUT2D eigenvalue weighted by Crippen LogP contribution is -2.33. The highest BCUT2D eigenvalue weighted by Gasteiger charge is 2.19. The van der Waals surface area contributed by atoms with E-state index in [4.69, 9.17) is 4.74 Å². The predicted octanol–water partition coefficient (Wildman–Crippen LogP) is 2.34. The molecule has 0 radical (unpaired) electrons. The Morgan fingerprint density at radius 3 is 3.00 bits per heavy atom. The number of ether oxygens (including phenoxy) is 1. The topological polar surface area (TPSA) is 43.2 Å². The molecule has 6 heteroatoms. The molecule has 1 aliphatic rings. The lowest BCUT2D eigenvalue weighted by Gasteiger charge is -2.27. The Balaban J connectivity index is 1.77. The lowest BCUT2D eigenvalue weighted by atomic mass is 10.1. The zero-order valence-electron chi connectivity index (χ0n) is 11.7. The highest BCUT2D eigenvalue weighted by Crippen LogP contribution is 2.30. The lowest BCUT2D eigenvalue weighted by molar-refractivity contribution is 0.0216. The van der Waals surface area contributed by atoms with Crippen LogP contribution in [0.1, 0.15) is 25.0 Å². The van der Waals surface area contributed by atoms with Crippen molar-refractivity contribution >= 4 is 26.8 Å². The molecular formula is C13H20N4OS. The van der Waals surface area contributed by atoms with Gasteiger partial charge in [-0.15, -0.1) is 0 Å². The van der Waals surface area contributed by atoms with Gasteiger partial charge in [0.1, 0.15) is 0 Å². The molecule has 1 aliphatic heterocycles. The van der Waals surface area contributed by atoms with Crippen LogP contribution in [0.5, 0.6) is 0 Å². The molecule has 0 aliphatic carbocycles. The molecule has 1 atom stereocenters. The molecule has 104 valence electrons. The van der Waals surface area contributed by atoms with Crippen LogP contribution in [-0.2, 0) is 11.8 Å². The van der Waals surface area contributed by atoms with E-state index in [1.165, 1.54) is 17.5 Å². The molecule has 3 heterocycles. The largest absolute Gasteiger partial charge is 0.376 e. The Morgan fingerprint density at radius 2 is 2.32 bits per heavy atom. The van der Waals surface area contributed by atoms with E-state index in [1.54, 1.807) is 11.3 Å². The quantitative estimate of drug-likeness (QED) is 0.865. The van der Waals surface area contributed by atoms with Crippen LogP contribution in [0.2, 0.25) is 0 Å². The summed E-state index contributed by atoms with van der Waals surface area (Å²) in [6.07, 6.45) is 3.99. The number of likely N-dealkylation sites (N-methyl/N-ethyl adjacent to an activating group) is 1. The van der Waals surface area contributed by atoms with Crippen molar-refractivity contribution in [2.45, 2.75) is 32.3 Å². The fourth-order valence-corrected chi connectivity index (χ4v) is 3.57. The van der Waals surface area contributed by atoms with Gasteiger partial charge in [-0.2, -0.15) is 5.10 Å². The molecule has 3 rings (SSSR count). The Bertz CT molecular complexity index is 536. The van der Waals surface area contributed by atoms with Crippen molar-refractivity contribution in [1.29, 1.82) is 0 Å². The molecule has 0 bridgehead atoms. The SMILES string of the molecule is Cc1nn(C)c2nc(N(C)CC3CCCCO3)sc12. The van der Waals surface area contributed by atoms with Gasteiger partial charge in [-0.1, -0.05) is 11.3 Å². The summed E-state index contributed by atoms with van der Waals surface area (Å²) in [5.41, 5.74) is 2.04. The molecule has 2 aromatic rings. The van der Waals surface area contributed by atoms with E-state index in [2.05, 4.69) is 22.0 Å². The van der Waals surface area contributed by atoms with Gasteiger partial charge in [0.05, 0.1) is 16.5 Å². The smallest absolute Gasteiger partial charge is 0.187 e. The van der Waals surface area contributed by atoms with Gasteiger partial charge in [0.25, 0.3) is 0 Å². The Morgan fingerprint density at radius 1 is 1.47 bits per heavy atom. The van der Waals surface area contributed by atoms with Crippen molar-refractivity contribution in [1.82, 2.24) is 14.8 Å².